The Morgan fingerprint density at radius 3 is 2.60 bits per heavy atom. The van der Waals surface area contributed by atoms with Gasteiger partial charge in [-0.3, -0.25) is 11.3 Å². The third-order valence-corrected chi connectivity index (χ3v) is 2.67. The summed E-state index contributed by atoms with van der Waals surface area (Å²) in [5, 5.41) is 9.81. The highest BCUT2D eigenvalue weighted by Crippen LogP contribution is 2.27. The van der Waals surface area contributed by atoms with E-state index in [9.17, 15) is 5.11 Å². The van der Waals surface area contributed by atoms with E-state index in [2.05, 4.69) is 5.43 Å². The molecule has 15 heavy (non-hydrogen) atoms. The van der Waals surface area contributed by atoms with Crippen LogP contribution in [0.2, 0.25) is 0 Å². The molecule has 0 saturated heterocycles. The van der Waals surface area contributed by atoms with Crippen LogP contribution in [0.25, 0.3) is 0 Å². The van der Waals surface area contributed by atoms with Crippen LogP contribution >= 0.6 is 0 Å². The zero-order valence-electron chi connectivity index (χ0n) is 9.37. The Hall–Kier alpha value is -1.10. The van der Waals surface area contributed by atoms with Crippen molar-refractivity contribution in [2.45, 2.75) is 20.0 Å². The lowest BCUT2D eigenvalue weighted by molar-refractivity contribution is 0.174. The average Bonchev–Trinajstić information content (AvgIpc) is 2.22. The number of ether oxygens (including phenoxy) is 1. The van der Waals surface area contributed by atoms with Crippen molar-refractivity contribution in [3.8, 4) is 5.75 Å². The summed E-state index contributed by atoms with van der Waals surface area (Å²) in [6, 6.07) is 3.72. The van der Waals surface area contributed by atoms with Gasteiger partial charge in [-0.15, -0.1) is 0 Å². The van der Waals surface area contributed by atoms with Crippen molar-refractivity contribution in [3.63, 3.8) is 0 Å². The molecule has 0 bridgehead atoms. The molecule has 1 aromatic rings. The van der Waals surface area contributed by atoms with E-state index in [4.69, 9.17) is 10.6 Å². The maximum atomic E-state index is 9.81. The second-order valence-corrected chi connectivity index (χ2v) is 3.53. The number of nitrogens with two attached hydrogens (primary N) is 1. The van der Waals surface area contributed by atoms with E-state index in [0.717, 1.165) is 22.4 Å². The Labute approximate surface area is 90.0 Å². The van der Waals surface area contributed by atoms with E-state index in [0.29, 0.717) is 6.54 Å². The second kappa shape index (κ2) is 5.11. The van der Waals surface area contributed by atoms with Crippen molar-refractivity contribution in [1.82, 2.24) is 5.43 Å². The Bertz CT molecular complexity index is 340. The van der Waals surface area contributed by atoms with Gasteiger partial charge in [0.2, 0.25) is 0 Å². The summed E-state index contributed by atoms with van der Waals surface area (Å²) >= 11 is 0. The second-order valence-electron chi connectivity index (χ2n) is 3.53. The lowest BCUT2D eigenvalue weighted by Gasteiger charge is -2.16. The van der Waals surface area contributed by atoms with E-state index in [-0.39, 0.29) is 0 Å². The van der Waals surface area contributed by atoms with E-state index < -0.39 is 6.10 Å². The molecule has 0 aliphatic rings. The minimum atomic E-state index is -0.584. The highest BCUT2D eigenvalue weighted by Gasteiger charge is 2.13. The Balaban J connectivity index is 3.06. The van der Waals surface area contributed by atoms with Crippen molar-refractivity contribution in [1.29, 1.82) is 0 Å². The summed E-state index contributed by atoms with van der Waals surface area (Å²) in [4.78, 5) is 0. The quantitative estimate of drug-likeness (QED) is 0.508. The summed E-state index contributed by atoms with van der Waals surface area (Å²) in [7, 11) is 1.64. The van der Waals surface area contributed by atoms with E-state index in [1.807, 2.05) is 26.0 Å². The van der Waals surface area contributed by atoms with E-state index >= 15 is 0 Å². The largest absolute Gasteiger partial charge is 0.496 e. The molecular weight excluding hydrogens is 192 g/mol. The first-order valence-corrected chi connectivity index (χ1v) is 4.87. The Kier molecular flexibility index (Phi) is 4.08. The zero-order valence-corrected chi connectivity index (χ0v) is 9.37. The van der Waals surface area contributed by atoms with Gasteiger partial charge in [0.05, 0.1) is 13.2 Å². The van der Waals surface area contributed by atoms with Crippen molar-refractivity contribution < 1.29 is 9.84 Å². The first-order valence-electron chi connectivity index (χ1n) is 4.87. The van der Waals surface area contributed by atoms with Crippen LogP contribution in [0.5, 0.6) is 5.75 Å². The van der Waals surface area contributed by atoms with Crippen LogP contribution in [-0.4, -0.2) is 18.8 Å². The van der Waals surface area contributed by atoms with Gasteiger partial charge in [-0.2, -0.15) is 0 Å². The predicted molar refractivity (Wildman–Crippen MR) is 59.6 cm³/mol. The van der Waals surface area contributed by atoms with Crippen molar-refractivity contribution >= 4 is 0 Å². The number of hydrogen-bond donors (Lipinski definition) is 3. The number of aliphatic hydroxyl groups excluding tert-OH is 1. The fraction of sp³-hybridized carbons (Fsp3) is 0.455. The first-order chi connectivity index (χ1) is 7.11. The molecule has 0 saturated carbocycles. The number of methoxy groups -OCH3 is 1. The lowest BCUT2D eigenvalue weighted by atomic mass is 9.98. The number of nitrogens with one attached hydrogen (secondary N) is 1. The number of hydrazine groups is 1. The lowest BCUT2D eigenvalue weighted by Crippen LogP contribution is -2.28. The molecule has 0 fully saturated rings. The van der Waals surface area contributed by atoms with Gasteiger partial charge in [-0.05, 0) is 36.6 Å². The summed E-state index contributed by atoms with van der Waals surface area (Å²) in [6.07, 6.45) is -0.584. The van der Waals surface area contributed by atoms with Gasteiger partial charge in [-0.1, -0.05) is 6.07 Å². The van der Waals surface area contributed by atoms with Gasteiger partial charge in [0, 0.05) is 6.54 Å². The molecule has 4 heteroatoms. The molecule has 4 nitrogen and oxygen atoms in total. The highest BCUT2D eigenvalue weighted by atomic mass is 16.5. The summed E-state index contributed by atoms with van der Waals surface area (Å²) in [5.41, 5.74) is 5.43. The molecule has 0 amide bonds. The van der Waals surface area contributed by atoms with Gasteiger partial charge in [-0.25, -0.2) is 0 Å². The molecular formula is C11H18N2O2. The number of rotatable bonds is 4. The monoisotopic (exact) mass is 210 g/mol. The molecule has 0 spiro atoms. The molecule has 4 N–H and O–H groups in total. The van der Waals surface area contributed by atoms with Gasteiger partial charge in [0.15, 0.2) is 0 Å². The average molecular weight is 210 g/mol. The molecule has 0 radical (unpaired) electrons. The van der Waals surface area contributed by atoms with Crippen LogP contribution in [-0.2, 0) is 0 Å². The molecule has 84 valence electrons. The summed E-state index contributed by atoms with van der Waals surface area (Å²) < 4.78 is 5.20. The molecule has 0 aliphatic heterocycles. The van der Waals surface area contributed by atoms with Crippen LogP contribution in [0, 0.1) is 13.8 Å². The maximum absolute atomic E-state index is 9.81. The van der Waals surface area contributed by atoms with E-state index in [1.54, 1.807) is 7.11 Å². The zero-order chi connectivity index (χ0) is 11.4. The first kappa shape index (κ1) is 12.0. The topological polar surface area (TPSA) is 67.5 Å². The van der Waals surface area contributed by atoms with Crippen molar-refractivity contribution in [3.05, 3.63) is 28.8 Å². The summed E-state index contributed by atoms with van der Waals surface area (Å²) in [6.45, 7) is 4.28. The van der Waals surface area contributed by atoms with Crippen molar-refractivity contribution in [2.75, 3.05) is 13.7 Å². The molecule has 0 heterocycles. The number of benzene rings is 1. The Morgan fingerprint density at radius 1 is 1.40 bits per heavy atom. The molecule has 1 atom stereocenters. The van der Waals surface area contributed by atoms with E-state index in [1.165, 1.54) is 0 Å². The normalized spacial score (nSPS) is 12.6. The van der Waals surface area contributed by atoms with Gasteiger partial charge < -0.3 is 9.84 Å². The highest BCUT2D eigenvalue weighted by molar-refractivity contribution is 5.44. The molecule has 0 aromatic heterocycles. The third kappa shape index (κ3) is 2.47. The van der Waals surface area contributed by atoms with Crippen LogP contribution < -0.4 is 16.0 Å². The van der Waals surface area contributed by atoms with Gasteiger partial charge in [0.25, 0.3) is 0 Å². The minimum Gasteiger partial charge on any atom is -0.496 e. The number of hydrogen-bond acceptors (Lipinski definition) is 4. The van der Waals surface area contributed by atoms with Crippen molar-refractivity contribution in [2.24, 2.45) is 5.84 Å². The fourth-order valence-electron chi connectivity index (χ4n) is 1.62. The maximum Gasteiger partial charge on any atom is 0.122 e. The van der Waals surface area contributed by atoms with Crippen LogP contribution in [0.3, 0.4) is 0 Å². The molecule has 1 unspecified atom stereocenters. The molecule has 0 aliphatic carbocycles. The van der Waals surface area contributed by atoms with Gasteiger partial charge >= 0.3 is 0 Å². The van der Waals surface area contributed by atoms with Crippen LogP contribution in [0.15, 0.2) is 12.1 Å². The third-order valence-electron chi connectivity index (χ3n) is 2.67. The SMILES string of the molecule is COc1ccc(C(O)CNN)c(C)c1C. The smallest absolute Gasteiger partial charge is 0.122 e. The van der Waals surface area contributed by atoms with Gasteiger partial charge in [0.1, 0.15) is 5.75 Å². The summed E-state index contributed by atoms with van der Waals surface area (Å²) in [5.74, 6) is 6.01. The standard InChI is InChI=1S/C11H18N2O2/c1-7-8(2)11(15-3)5-4-9(7)10(14)6-13-12/h4-5,10,13-14H,6,12H2,1-3H3. The molecule has 1 rings (SSSR count). The molecule has 1 aromatic carbocycles. The fourth-order valence-corrected chi connectivity index (χ4v) is 1.62. The predicted octanol–water partition coefficient (Wildman–Crippen LogP) is 0.809. The Morgan fingerprint density at radius 2 is 2.07 bits per heavy atom. The number of aliphatic hydroxyl groups is 1. The minimum absolute atomic E-state index is 0.340. The van der Waals surface area contributed by atoms with Crippen LogP contribution in [0.4, 0.5) is 0 Å². The van der Waals surface area contributed by atoms with Crippen LogP contribution in [0.1, 0.15) is 22.8 Å².